The summed E-state index contributed by atoms with van der Waals surface area (Å²) in [7, 11) is 0. The van der Waals surface area contributed by atoms with Crippen molar-refractivity contribution < 1.29 is 19.1 Å². The summed E-state index contributed by atoms with van der Waals surface area (Å²) in [5.41, 5.74) is 3.08. The quantitative estimate of drug-likeness (QED) is 0.747. The van der Waals surface area contributed by atoms with Crippen LogP contribution in [0.4, 0.5) is 0 Å². The first-order chi connectivity index (χ1) is 13.0. The lowest BCUT2D eigenvalue weighted by atomic mass is 9.92. The lowest BCUT2D eigenvalue weighted by molar-refractivity contribution is -0.151. The molecule has 0 spiro atoms. The van der Waals surface area contributed by atoms with Gasteiger partial charge in [-0.05, 0) is 35.9 Å². The van der Waals surface area contributed by atoms with Crippen LogP contribution < -0.4 is 0 Å². The van der Waals surface area contributed by atoms with Gasteiger partial charge in [0.2, 0.25) is 11.8 Å². The highest BCUT2D eigenvalue weighted by Gasteiger charge is 2.36. The molecule has 1 aliphatic heterocycles. The van der Waals surface area contributed by atoms with Crippen molar-refractivity contribution in [3.63, 3.8) is 0 Å². The van der Waals surface area contributed by atoms with Gasteiger partial charge in [0, 0.05) is 17.5 Å². The van der Waals surface area contributed by atoms with Crippen LogP contribution in [0, 0.1) is 6.92 Å². The van der Waals surface area contributed by atoms with E-state index in [2.05, 4.69) is 4.98 Å². The van der Waals surface area contributed by atoms with Crippen LogP contribution in [0.1, 0.15) is 28.6 Å². The van der Waals surface area contributed by atoms with Gasteiger partial charge in [-0.25, -0.2) is 9.78 Å². The summed E-state index contributed by atoms with van der Waals surface area (Å²) in [5.74, 6) is -0.222. The summed E-state index contributed by atoms with van der Waals surface area (Å²) in [6.45, 7) is 2.15. The molecule has 0 bridgehead atoms. The number of amides is 1. The summed E-state index contributed by atoms with van der Waals surface area (Å²) in [4.78, 5) is 30.7. The summed E-state index contributed by atoms with van der Waals surface area (Å²) in [6, 6.07) is 8.33. The van der Waals surface area contributed by atoms with Crippen molar-refractivity contribution in [3.05, 3.63) is 63.7 Å². The molecule has 1 aromatic carbocycles. The molecule has 0 radical (unpaired) electrons. The van der Waals surface area contributed by atoms with E-state index >= 15 is 0 Å². The Morgan fingerprint density at radius 2 is 2.15 bits per heavy atom. The van der Waals surface area contributed by atoms with Crippen LogP contribution in [0.5, 0.6) is 0 Å². The number of oxazole rings is 1. The second-order valence-electron chi connectivity index (χ2n) is 6.49. The van der Waals surface area contributed by atoms with Crippen molar-refractivity contribution in [1.29, 1.82) is 0 Å². The molecule has 0 fully saturated rings. The van der Waals surface area contributed by atoms with Gasteiger partial charge < -0.3 is 14.4 Å². The minimum Gasteiger partial charge on any atom is -0.479 e. The zero-order chi connectivity index (χ0) is 19.0. The Labute approximate surface area is 160 Å². The molecular weight excluding hydrogens is 364 g/mol. The Hall–Kier alpha value is -2.93. The van der Waals surface area contributed by atoms with Crippen molar-refractivity contribution in [1.82, 2.24) is 9.88 Å². The van der Waals surface area contributed by atoms with E-state index in [-0.39, 0.29) is 12.3 Å². The lowest BCUT2D eigenvalue weighted by Crippen LogP contribution is -2.44. The molecule has 7 heteroatoms. The average molecular weight is 382 g/mol. The number of hydrogen-bond acceptors (Lipinski definition) is 5. The Balaban J connectivity index is 1.59. The molecule has 0 saturated heterocycles. The topological polar surface area (TPSA) is 83.6 Å². The maximum atomic E-state index is 12.9. The van der Waals surface area contributed by atoms with E-state index in [4.69, 9.17) is 4.42 Å². The highest BCUT2D eigenvalue weighted by atomic mass is 32.1. The van der Waals surface area contributed by atoms with Gasteiger partial charge in [0.05, 0.1) is 12.1 Å². The average Bonchev–Trinajstić information content (AvgIpc) is 3.31. The number of carbonyl (C=O) groups is 2. The molecule has 3 heterocycles. The molecule has 1 N–H and O–H groups in total. The largest absolute Gasteiger partial charge is 0.479 e. The fourth-order valence-corrected chi connectivity index (χ4v) is 4.08. The van der Waals surface area contributed by atoms with Crippen LogP contribution in [0.25, 0.3) is 11.5 Å². The van der Waals surface area contributed by atoms with Crippen LogP contribution in [-0.2, 0) is 22.4 Å². The molecule has 138 valence electrons. The smallest absolute Gasteiger partial charge is 0.331 e. The molecule has 1 unspecified atom stereocenters. The Morgan fingerprint density at radius 3 is 2.89 bits per heavy atom. The first-order valence-corrected chi connectivity index (χ1v) is 9.58. The van der Waals surface area contributed by atoms with Crippen LogP contribution in [-0.4, -0.2) is 33.4 Å². The van der Waals surface area contributed by atoms with Gasteiger partial charge in [-0.15, -0.1) is 0 Å². The van der Waals surface area contributed by atoms with Crippen LogP contribution in [0.3, 0.4) is 0 Å². The van der Waals surface area contributed by atoms with Gasteiger partial charge in [-0.2, -0.15) is 11.3 Å². The van der Waals surface area contributed by atoms with E-state index in [1.165, 1.54) is 4.90 Å². The number of rotatable bonds is 4. The van der Waals surface area contributed by atoms with E-state index in [1.54, 1.807) is 30.4 Å². The highest BCUT2D eigenvalue weighted by molar-refractivity contribution is 7.08. The molecule has 0 aliphatic carbocycles. The number of carboxylic acid groups (broad SMARTS) is 1. The van der Waals surface area contributed by atoms with E-state index in [0.717, 1.165) is 11.1 Å². The highest BCUT2D eigenvalue weighted by Crippen LogP contribution is 2.31. The third-order valence-corrected chi connectivity index (χ3v) is 5.50. The van der Waals surface area contributed by atoms with E-state index in [9.17, 15) is 14.7 Å². The van der Waals surface area contributed by atoms with Gasteiger partial charge >= 0.3 is 5.97 Å². The van der Waals surface area contributed by atoms with Crippen molar-refractivity contribution in [2.45, 2.75) is 25.8 Å². The lowest BCUT2D eigenvalue weighted by Gasteiger charge is -2.34. The standard InChI is InChI=1S/C20H18N2O4S/c1-12-16(21-19(26-12)14-7-9-27-11-14)10-17(23)22-8-6-13-4-2-3-5-15(13)18(22)20(24)25/h2-5,7,9,11,18H,6,8,10H2,1H3,(H,24,25). The fraction of sp³-hybridized carbons (Fsp3) is 0.250. The number of carboxylic acids is 1. The molecule has 1 amide bonds. The molecule has 27 heavy (non-hydrogen) atoms. The Morgan fingerprint density at radius 1 is 1.33 bits per heavy atom. The summed E-state index contributed by atoms with van der Waals surface area (Å²) < 4.78 is 5.69. The zero-order valence-corrected chi connectivity index (χ0v) is 15.5. The Kier molecular flexibility index (Phi) is 4.53. The first kappa shape index (κ1) is 17.5. The predicted octanol–water partition coefficient (Wildman–Crippen LogP) is 3.46. The summed E-state index contributed by atoms with van der Waals surface area (Å²) in [6.07, 6.45) is 0.662. The SMILES string of the molecule is Cc1oc(-c2ccsc2)nc1CC(=O)N1CCc2ccccc2C1C(=O)O. The minimum absolute atomic E-state index is 0.0193. The molecule has 1 atom stereocenters. The molecule has 1 aliphatic rings. The second-order valence-corrected chi connectivity index (χ2v) is 7.27. The number of aromatic nitrogens is 1. The number of aliphatic carboxylic acids is 1. The van der Waals surface area contributed by atoms with Crippen LogP contribution in [0.15, 0.2) is 45.5 Å². The van der Waals surface area contributed by atoms with E-state index < -0.39 is 12.0 Å². The Bertz CT molecular complexity index is 993. The van der Waals surface area contributed by atoms with Gasteiger partial charge in [-0.1, -0.05) is 24.3 Å². The van der Waals surface area contributed by atoms with Gasteiger partial charge in [0.15, 0.2) is 6.04 Å². The first-order valence-electron chi connectivity index (χ1n) is 8.63. The van der Waals surface area contributed by atoms with Crippen molar-refractivity contribution in [2.24, 2.45) is 0 Å². The number of benzene rings is 1. The normalized spacial score (nSPS) is 16.2. The molecule has 2 aromatic heterocycles. The number of aryl methyl sites for hydroxylation is 1. The summed E-state index contributed by atoms with van der Waals surface area (Å²) >= 11 is 1.54. The zero-order valence-electron chi connectivity index (χ0n) is 14.7. The second kappa shape index (κ2) is 7.00. The summed E-state index contributed by atoms with van der Waals surface area (Å²) in [5, 5.41) is 13.6. The molecule has 3 aromatic rings. The number of fused-ring (bicyclic) bond motifs is 1. The third-order valence-electron chi connectivity index (χ3n) is 4.82. The number of hydrogen-bond donors (Lipinski definition) is 1. The molecular formula is C20H18N2O4S. The predicted molar refractivity (Wildman–Crippen MR) is 100 cm³/mol. The molecule has 4 rings (SSSR count). The number of thiophene rings is 1. The number of nitrogens with zero attached hydrogens (tertiary/aromatic N) is 2. The minimum atomic E-state index is -1.02. The van der Waals surface area contributed by atoms with E-state index in [1.807, 2.05) is 29.0 Å². The number of carbonyl (C=O) groups excluding carboxylic acids is 1. The van der Waals surface area contributed by atoms with Gasteiger partial charge in [0.25, 0.3) is 0 Å². The maximum absolute atomic E-state index is 12.9. The third kappa shape index (κ3) is 3.26. The molecule has 6 nitrogen and oxygen atoms in total. The van der Waals surface area contributed by atoms with Gasteiger partial charge in [0.1, 0.15) is 5.76 Å². The van der Waals surface area contributed by atoms with Gasteiger partial charge in [-0.3, -0.25) is 4.79 Å². The van der Waals surface area contributed by atoms with Crippen LogP contribution in [0.2, 0.25) is 0 Å². The monoisotopic (exact) mass is 382 g/mol. The van der Waals surface area contributed by atoms with Crippen LogP contribution >= 0.6 is 11.3 Å². The van der Waals surface area contributed by atoms with Crippen molar-refractivity contribution in [2.75, 3.05) is 6.54 Å². The fourth-order valence-electron chi connectivity index (χ4n) is 3.45. The maximum Gasteiger partial charge on any atom is 0.331 e. The van der Waals surface area contributed by atoms with E-state index in [0.29, 0.717) is 35.9 Å². The van der Waals surface area contributed by atoms with Crippen molar-refractivity contribution >= 4 is 23.2 Å². The van der Waals surface area contributed by atoms with Crippen molar-refractivity contribution in [3.8, 4) is 11.5 Å². The molecule has 0 saturated carbocycles.